The Morgan fingerprint density at radius 3 is 2.59 bits per heavy atom. The normalized spacial score (nSPS) is 21.0. The van der Waals surface area contributed by atoms with Crippen LogP contribution in [0.4, 0.5) is 0 Å². The Balaban J connectivity index is 1.89. The molecule has 8 nitrogen and oxygen atoms in total. The number of amides is 1. The van der Waals surface area contributed by atoms with Crippen molar-refractivity contribution >= 4 is 27.8 Å². The van der Waals surface area contributed by atoms with Crippen molar-refractivity contribution in [2.45, 2.75) is 18.9 Å². The summed E-state index contributed by atoms with van der Waals surface area (Å²) in [7, 11) is -0.107. The van der Waals surface area contributed by atoms with Gasteiger partial charge in [-0.3, -0.25) is 4.79 Å². The van der Waals surface area contributed by atoms with E-state index in [9.17, 15) is 18.0 Å². The van der Waals surface area contributed by atoms with Crippen LogP contribution in [0.15, 0.2) is 24.3 Å². The number of esters is 1. The van der Waals surface area contributed by atoms with Gasteiger partial charge in [-0.2, -0.15) is 0 Å². The highest BCUT2D eigenvalue weighted by molar-refractivity contribution is 7.91. The molecule has 0 aliphatic carbocycles. The Labute approximate surface area is 158 Å². The van der Waals surface area contributed by atoms with Crippen LogP contribution in [0.5, 0.6) is 11.5 Å². The van der Waals surface area contributed by atoms with E-state index in [1.165, 1.54) is 26.4 Å². The van der Waals surface area contributed by atoms with Crippen LogP contribution < -0.4 is 14.8 Å². The van der Waals surface area contributed by atoms with Crippen molar-refractivity contribution in [3.05, 3.63) is 29.8 Å². The van der Waals surface area contributed by atoms with Crippen molar-refractivity contribution in [1.82, 2.24) is 5.32 Å². The zero-order chi connectivity index (χ0) is 20.1. The highest BCUT2D eigenvalue weighted by Crippen LogP contribution is 2.25. The van der Waals surface area contributed by atoms with Crippen molar-refractivity contribution in [2.75, 3.05) is 32.3 Å². The van der Waals surface area contributed by atoms with Crippen LogP contribution in [0.25, 0.3) is 6.08 Å². The molecule has 9 heteroatoms. The molecule has 2 rings (SSSR count). The molecule has 0 saturated carbocycles. The van der Waals surface area contributed by atoms with E-state index in [1.807, 2.05) is 0 Å². The second-order valence-electron chi connectivity index (χ2n) is 6.50. The van der Waals surface area contributed by atoms with E-state index >= 15 is 0 Å². The predicted octanol–water partition coefficient (Wildman–Crippen LogP) is 0.954. The first-order chi connectivity index (χ1) is 12.7. The number of hydrogen-bond acceptors (Lipinski definition) is 7. The van der Waals surface area contributed by atoms with Crippen LogP contribution in [0.3, 0.4) is 0 Å². The SMILES string of the molecule is COc1ccc(OC)c(/C=C/C(=O)OCC(=O)N[C@@]2(C)CCS(=O)(=O)C2)c1. The number of rotatable bonds is 7. The van der Waals surface area contributed by atoms with Gasteiger partial charge in [0.05, 0.1) is 31.3 Å². The summed E-state index contributed by atoms with van der Waals surface area (Å²) in [6.45, 7) is 1.17. The fourth-order valence-electron chi connectivity index (χ4n) is 2.79. The Morgan fingerprint density at radius 1 is 1.26 bits per heavy atom. The topological polar surface area (TPSA) is 108 Å². The molecular formula is C18H23NO7S. The van der Waals surface area contributed by atoms with Gasteiger partial charge in [-0.05, 0) is 37.6 Å². The largest absolute Gasteiger partial charge is 0.497 e. The number of methoxy groups -OCH3 is 2. The van der Waals surface area contributed by atoms with Crippen molar-refractivity contribution < 1.29 is 32.2 Å². The number of sulfone groups is 1. The Hall–Kier alpha value is -2.55. The predicted molar refractivity (Wildman–Crippen MR) is 99.4 cm³/mol. The van der Waals surface area contributed by atoms with Crippen LogP contribution in [0, 0.1) is 0 Å². The summed E-state index contributed by atoms with van der Waals surface area (Å²) in [5, 5.41) is 2.62. The van der Waals surface area contributed by atoms with Crippen LogP contribution in [0.1, 0.15) is 18.9 Å². The van der Waals surface area contributed by atoms with E-state index in [1.54, 1.807) is 25.1 Å². The molecule has 1 atom stereocenters. The zero-order valence-corrected chi connectivity index (χ0v) is 16.3. The minimum atomic E-state index is -3.14. The first-order valence-corrected chi connectivity index (χ1v) is 10.1. The lowest BCUT2D eigenvalue weighted by atomic mass is 10.0. The number of carbonyl (C=O) groups is 2. The third kappa shape index (κ3) is 5.99. The van der Waals surface area contributed by atoms with E-state index in [2.05, 4.69) is 5.32 Å². The molecule has 1 aliphatic rings. The van der Waals surface area contributed by atoms with Gasteiger partial charge in [0.2, 0.25) is 0 Å². The monoisotopic (exact) mass is 397 g/mol. The van der Waals surface area contributed by atoms with E-state index in [4.69, 9.17) is 14.2 Å². The molecule has 0 spiro atoms. The minimum absolute atomic E-state index is 0.0364. The highest BCUT2D eigenvalue weighted by atomic mass is 32.2. The lowest BCUT2D eigenvalue weighted by Crippen LogP contribution is -2.48. The molecule has 0 unspecified atom stereocenters. The summed E-state index contributed by atoms with van der Waals surface area (Å²) < 4.78 is 38.3. The summed E-state index contributed by atoms with van der Waals surface area (Å²) in [4.78, 5) is 23.8. The summed E-state index contributed by atoms with van der Waals surface area (Å²) in [5.74, 6) is -0.186. The zero-order valence-electron chi connectivity index (χ0n) is 15.5. The van der Waals surface area contributed by atoms with Crippen LogP contribution in [-0.2, 0) is 24.2 Å². The number of benzene rings is 1. The van der Waals surface area contributed by atoms with Gasteiger partial charge >= 0.3 is 5.97 Å². The molecule has 1 fully saturated rings. The molecule has 1 aromatic rings. The quantitative estimate of drug-likeness (QED) is 0.539. The smallest absolute Gasteiger partial charge is 0.331 e. The van der Waals surface area contributed by atoms with Crippen molar-refractivity contribution in [3.8, 4) is 11.5 Å². The van der Waals surface area contributed by atoms with Crippen molar-refractivity contribution in [1.29, 1.82) is 0 Å². The summed E-state index contributed by atoms with van der Waals surface area (Å²) in [6.07, 6.45) is 3.00. The van der Waals surface area contributed by atoms with Gasteiger partial charge in [-0.15, -0.1) is 0 Å². The number of carbonyl (C=O) groups excluding carboxylic acids is 2. The summed E-state index contributed by atoms with van der Waals surface area (Å²) >= 11 is 0. The van der Waals surface area contributed by atoms with Crippen LogP contribution in [0.2, 0.25) is 0 Å². The van der Waals surface area contributed by atoms with E-state index in [0.29, 0.717) is 23.5 Å². The maximum atomic E-state index is 11.9. The number of hydrogen-bond donors (Lipinski definition) is 1. The Kier molecular flexibility index (Phi) is 6.48. The van der Waals surface area contributed by atoms with Gasteiger partial charge in [-0.1, -0.05) is 0 Å². The Bertz CT molecular complexity index is 847. The molecule has 148 valence electrons. The first-order valence-electron chi connectivity index (χ1n) is 8.25. The summed E-state index contributed by atoms with van der Waals surface area (Å²) in [6, 6.07) is 5.12. The second kappa shape index (κ2) is 8.43. The average Bonchev–Trinajstić information content (AvgIpc) is 2.90. The second-order valence-corrected chi connectivity index (χ2v) is 8.68. The molecule has 1 aromatic carbocycles. The lowest BCUT2D eigenvalue weighted by molar-refractivity contribution is -0.144. The fraction of sp³-hybridized carbons (Fsp3) is 0.444. The molecule has 1 N–H and O–H groups in total. The lowest BCUT2D eigenvalue weighted by Gasteiger charge is -2.23. The minimum Gasteiger partial charge on any atom is -0.497 e. The van der Waals surface area contributed by atoms with Crippen molar-refractivity contribution in [2.24, 2.45) is 0 Å². The van der Waals surface area contributed by atoms with Gasteiger partial charge in [-0.25, -0.2) is 13.2 Å². The van der Waals surface area contributed by atoms with E-state index in [-0.39, 0.29) is 11.5 Å². The fourth-order valence-corrected chi connectivity index (χ4v) is 4.89. The maximum absolute atomic E-state index is 11.9. The van der Waals surface area contributed by atoms with Gasteiger partial charge in [0.25, 0.3) is 5.91 Å². The average molecular weight is 397 g/mol. The molecule has 1 aliphatic heterocycles. The third-order valence-electron chi connectivity index (χ3n) is 4.13. The van der Waals surface area contributed by atoms with Crippen molar-refractivity contribution in [3.63, 3.8) is 0 Å². The van der Waals surface area contributed by atoms with Gasteiger partial charge < -0.3 is 19.5 Å². The van der Waals surface area contributed by atoms with Crippen LogP contribution >= 0.6 is 0 Å². The molecule has 0 bridgehead atoms. The molecule has 27 heavy (non-hydrogen) atoms. The highest BCUT2D eigenvalue weighted by Gasteiger charge is 2.39. The molecule has 1 saturated heterocycles. The van der Waals surface area contributed by atoms with E-state index < -0.39 is 33.9 Å². The van der Waals surface area contributed by atoms with Crippen LogP contribution in [-0.4, -0.2) is 58.2 Å². The molecular weight excluding hydrogens is 374 g/mol. The van der Waals surface area contributed by atoms with Gasteiger partial charge in [0.15, 0.2) is 16.4 Å². The van der Waals surface area contributed by atoms with Gasteiger partial charge in [0.1, 0.15) is 11.5 Å². The number of ether oxygens (including phenoxy) is 3. The molecule has 0 aromatic heterocycles. The van der Waals surface area contributed by atoms with E-state index in [0.717, 1.165) is 0 Å². The Morgan fingerprint density at radius 2 is 2.00 bits per heavy atom. The summed E-state index contributed by atoms with van der Waals surface area (Å²) in [5.41, 5.74) is -0.214. The number of nitrogens with one attached hydrogen (secondary N) is 1. The molecule has 1 heterocycles. The van der Waals surface area contributed by atoms with Gasteiger partial charge in [0, 0.05) is 11.6 Å². The molecule has 0 radical (unpaired) electrons. The molecule has 1 amide bonds. The standard InChI is InChI=1S/C18H23NO7S/c1-18(8-9-27(22,23)12-18)19-16(20)11-26-17(21)7-4-13-10-14(24-2)5-6-15(13)25-3/h4-7,10H,8-9,11-12H2,1-3H3,(H,19,20)/b7-4+/t18-/m0/s1. The third-order valence-corrected chi connectivity index (χ3v) is 6.03. The first kappa shape index (κ1) is 20.8. The maximum Gasteiger partial charge on any atom is 0.331 e.